The number of phenols is 1. The zero-order chi connectivity index (χ0) is 13.3. The molecule has 2 atom stereocenters. The Bertz CT molecular complexity index is 458. The van der Waals surface area contributed by atoms with Crippen LogP contribution in [-0.2, 0) is 0 Å². The summed E-state index contributed by atoms with van der Waals surface area (Å²) in [5.74, 6) is 0.650. The molecule has 4 heteroatoms. The first-order valence-electron chi connectivity index (χ1n) is 6.21. The van der Waals surface area contributed by atoms with Crippen molar-refractivity contribution in [2.75, 3.05) is 13.7 Å². The van der Waals surface area contributed by atoms with Crippen LogP contribution in [0.25, 0.3) is 0 Å². The molecule has 1 aromatic carbocycles. The Morgan fingerprint density at radius 2 is 2.17 bits per heavy atom. The van der Waals surface area contributed by atoms with Gasteiger partial charge in [0.25, 0.3) is 5.91 Å². The molecule has 1 N–H and O–H groups in total. The highest BCUT2D eigenvalue weighted by atomic mass is 16.5. The molecular weight excluding hydrogens is 230 g/mol. The Kier molecular flexibility index (Phi) is 3.45. The number of hydrogen-bond acceptors (Lipinski definition) is 3. The van der Waals surface area contributed by atoms with E-state index in [0.29, 0.717) is 17.2 Å². The Morgan fingerprint density at radius 1 is 1.44 bits per heavy atom. The van der Waals surface area contributed by atoms with E-state index in [9.17, 15) is 9.90 Å². The number of amides is 1. The molecule has 0 aromatic heterocycles. The Balaban J connectivity index is 2.29. The van der Waals surface area contributed by atoms with E-state index in [1.807, 2.05) is 11.8 Å². The SMILES string of the molecule is COc1cccc(C(=O)N2CC(C)CC2C)c1O. The number of hydrogen-bond donors (Lipinski definition) is 1. The summed E-state index contributed by atoms with van der Waals surface area (Å²) in [4.78, 5) is 14.2. The van der Waals surface area contributed by atoms with Gasteiger partial charge in [0.05, 0.1) is 12.7 Å². The molecule has 1 aliphatic rings. The van der Waals surface area contributed by atoms with Gasteiger partial charge >= 0.3 is 0 Å². The highest BCUT2D eigenvalue weighted by Crippen LogP contribution is 2.32. The number of phenolic OH excluding ortho intramolecular Hbond substituents is 1. The molecule has 1 aromatic rings. The summed E-state index contributed by atoms with van der Waals surface area (Å²) < 4.78 is 5.03. The number of ether oxygens (including phenoxy) is 1. The van der Waals surface area contributed by atoms with Gasteiger partial charge in [0.2, 0.25) is 0 Å². The van der Waals surface area contributed by atoms with Crippen molar-refractivity contribution in [3.05, 3.63) is 23.8 Å². The maximum atomic E-state index is 12.4. The van der Waals surface area contributed by atoms with Gasteiger partial charge in [-0.1, -0.05) is 13.0 Å². The van der Waals surface area contributed by atoms with Crippen molar-refractivity contribution in [2.45, 2.75) is 26.3 Å². The molecule has 1 saturated heterocycles. The fourth-order valence-electron chi connectivity index (χ4n) is 2.60. The molecule has 0 bridgehead atoms. The summed E-state index contributed by atoms with van der Waals surface area (Å²) in [7, 11) is 1.48. The fraction of sp³-hybridized carbons (Fsp3) is 0.500. The molecule has 98 valence electrons. The topological polar surface area (TPSA) is 49.8 Å². The van der Waals surface area contributed by atoms with E-state index in [-0.39, 0.29) is 17.7 Å². The number of para-hydroxylation sites is 1. The number of nitrogens with zero attached hydrogens (tertiary/aromatic N) is 1. The lowest BCUT2D eigenvalue weighted by Gasteiger charge is -2.22. The summed E-state index contributed by atoms with van der Waals surface area (Å²) >= 11 is 0. The average molecular weight is 249 g/mol. The molecule has 18 heavy (non-hydrogen) atoms. The number of benzene rings is 1. The smallest absolute Gasteiger partial charge is 0.258 e. The van der Waals surface area contributed by atoms with E-state index in [0.717, 1.165) is 13.0 Å². The average Bonchev–Trinajstić information content (AvgIpc) is 2.68. The predicted molar refractivity (Wildman–Crippen MR) is 68.9 cm³/mol. The summed E-state index contributed by atoms with van der Waals surface area (Å²) in [6, 6.07) is 5.21. The number of likely N-dealkylation sites (tertiary alicyclic amines) is 1. The van der Waals surface area contributed by atoms with Crippen molar-refractivity contribution < 1.29 is 14.6 Å². The largest absolute Gasteiger partial charge is 0.504 e. The molecule has 2 unspecified atom stereocenters. The molecule has 0 aliphatic carbocycles. The highest BCUT2D eigenvalue weighted by molar-refractivity contribution is 5.98. The predicted octanol–water partition coefficient (Wildman–Crippen LogP) is 2.27. The first-order valence-corrected chi connectivity index (χ1v) is 6.21. The first-order chi connectivity index (χ1) is 8.54. The van der Waals surface area contributed by atoms with Crippen LogP contribution in [0.3, 0.4) is 0 Å². The van der Waals surface area contributed by atoms with Gasteiger partial charge in [-0.15, -0.1) is 0 Å². The zero-order valence-electron chi connectivity index (χ0n) is 11.0. The number of rotatable bonds is 2. The minimum atomic E-state index is -0.122. The fourth-order valence-corrected chi connectivity index (χ4v) is 2.60. The zero-order valence-corrected chi connectivity index (χ0v) is 11.0. The van der Waals surface area contributed by atoms with Gasteiger partial charge < -0.3 is 14.7 Å². The third kappa shape index (κ3) is 2.15. The minimum Gasteiger partial charge on any atom is -0.504 e. The van der Waals surface area contributed by atoms with Crippen molar-refractivity contribution in [3.8, 4) is 11.5 Å². The van der Waals surface area contributed by atoms with E-state index >= 15 is 0 Å². The number of carbonyl (C=O) groups is 1. The van der Waals surface area contributed by atoms with Crippen LogP contribution in [0.4, 0.5) is 0 Å². The monoisotopic (exact) mass is 249 g/mol. The van der Waals surface area contributed by atoms with Crippen molar-refractivity contribution in [2.24, 2.45) is 5.92 Å². The Hall–Kier alpha value is -1.71. The van der Waals surface area contributed by atoms with Crippen LogP contribution in [0.2, 0.25) is 0 Å². The van der Waals surface area contributed by atoms with Crippen LogP contribution in [0.5, 0.6) is 11.5 Å². The highest BCUT2D eigenvalue weighted by Gasteiger charge is 2.32. The van der Waals surface area contributed by atoms with Gasteiger partial charge in [0, 0.05) is 12.6 Å². The maximum absolute atomic E-state index is 12.4. The molecule has 0 radical (unpaired) electrons. The quantitative estimate of drug-likeness (QED) is 0.874. The van der Waals surface area contributed by atoms with Gasteiger partial charge in [-0.25, -0.2) is 0 Å². The van der Waals surface area contributed by atoms with E-state index in [2.05, 4.69) is 6.92 Å². The molecule has 1 heterocycles. The van der Waals surface area contributed by atoms with Gasteiger partial charge in [-0.05, 0) is 31.4 Å². The van der Waals surface area contributed by atoms with Crippen molar-refractivity contribution in [1.82, 2.24) is 4.90 Å². The van der Waals surface area contributed by atoms with Crippen LogP contribution < -0.4 is 4.74 Å². The van der Waals surface area contributed by atoms with Gasteiger partial charge in [-0.3, -0.25) is 4.79 Å². The van der Waals surface area contributed by atoms with Crippen molar-refractivity contribution in [3.63, 3.8) is 0 Å². The summed E-state index contributed by atoms with van der Waals surface area (Å²) in [5, 5.41) is 10.00. The normalized spacial score (nSPS) is 23.2. The van der Waals surface area contributed by atoms with E-state index in [1.165, 1.54) is 7.11 Å². The second-order valence-electron chi connectivity index (χ2n) is 5.00. The molecule has 1 amide bonds. The lowest BCUT2D eigenvalue weighted by molar-refractivity contribution is 0.0740. The van der Waals surface area contributed by atoms with E-state index in [4.69, 9.17) is 4.74 Å². The number of aromatic hydroxyl groups is 1. The van der Waals surface area contributed by atoms with Gasteiger partial charge in [0.15, 0.2) is 11.5 Å². The maximum Gasteiger partial charge on any atom is 0.258 e. The molecule has 0 saturated carbocycles. The third-order valence-electron chi connectivity index (χ3n) is 3.49. The van der Waals surface area contributed by atoms with Crippen molar-refractivity contribution >= 4 is 5.91 Å². The molecule has 4 nitrogen and oxygen atoms in total. The number of methoxy groups -OCH3 is 1. The van der Waals surface area contributed by atoms with E-state index < -0.39 is 0 Å². The molecule has 1 fully saturated rings. The standard InChI is InChI=1S/C14H19NO3/c1-9-7-10(2)15(8-9)14(17)11-5-4-6-12(18-3)13(11)16/h4-6,9-10,16H,7-8H2,1-3H3. The summed E-state index contributed by atoms with van der Waals surface area (Å²) in [6.45, 7) is 4.92. The molecule has 0 spiro atoms. The van der Waals surface area contributed by atoms with Gasteiger partial charge in [0.1, 0.15) is 0 Å². The first kappa shape index (κ1) is 12.7. The van der Waals surface area contributed by atoms with Gasteiger partial charge in [-0.2, -0.15) is 0 Å². The van der Waals surface area contributed by atoms with E-state index in [1.54, 1.807) is 18.2 Å². The van der Waals surface area contributed by atoms with Crippen LogP contribution >= 0.6 is 0 Å². The summed E-state index contributed by atoms with van der Waals surface area (Å²) in [5.41, 5.74) is 0.315. The van der Waals surface area contributed by atoms with Crippen LogP contribution in [0, 0.1) is 5.92 Å². The molecular formula is C14H19NO3. The summed E-state index contributed by atoms with van der Waals surface area (Å²) in [6.07, 6.45) is 1.01. The van der Waals surface area contributed by atoms with Crippen LogP contribution in [0.1, 0.15) is 30.6 Å². The number of carbonyl (C=O) groups excluding carboxylic acids is 1. The lowest BCUT2D eigenvalue weighted by atomic mass is 10.1. The molecule has 1 aliphatic heterocycles. The second-order valence-corrected chi connectivity index (χ2v) is 5.00. The van der Waals surface area contributed by atoms with Crippen LogP contribution in [0.15, 0.2) is 18.2 Å². The van der Waals surface area contributed by atoms with Crippen LogP contribution in [-0.4, -0.2) is 35.6 Å². The molecule has 2 rings (SSSR count). The van der Waals surface area contributed by atoms with Crippen molar-refractivity contribution in [1.29, 1.82) is 0 Å². The minimum absolute atomic E-state index is 0.0725. The third-order valence-corrected chi connectivity index (χ3v) is 3.49. The Morgan fingerprint density at radius 3 is 2.72 bits per heavy atom. The Labute approximate surface area is 107 Å². The second kappa shape index (κ2) is 4.88. The lowest BCUT2D eigenvalue weighted by Crippen LogP contribution is -2.34.